The van der Waals surface area contributed by atoms with Crippen molar-refractivity contribution in [3.8, 4) is 0 Å². The van der Waals surface area contributed by atoms with Crippen LogP contribution in [0.1, 0.15) is 5.56 Å². The van der Waals surface area contributed by atoms with Crippen LogP contribution in [0.5, 0.6) is 0 Å². The summed E-state index contributed by atoms with van der Waals surface area (Å²) in [7, 11) is 2.11. The second-order valence-electron chi connectivity index (χ2n) is 4.44. The minimum Gasteiger partial charge on any atom is -0.409 e. The molecule has 0 unspecified atom stereocenters. The van der Waals surface area contributed by atoms with E-state index >= 15 is 0 Å². The van der Waals surface area contributed by atoms with Gasteiger partial charge in [0.25, 0.3) is 0 Å². The first-order valence-electron chi connectivity index (χ1n) is 5.83. The van der Waals surface area contributed by atoms with Gasteiger partial charge in [-0.1, -0.05) is 16.8 Å². The van der Waals surface area contributed by atoms with Gasteiger partial charge in [0, 0.05) is 31.7 Å². The van der Waals surface area contributed by atoms with E-state index in [1.165, 1.54) is 0 Å². The molecule has 2 rings (SSSR count). The zero-order valence-electron chi connectivity index (χ0n) is 10.3. The molecule has 1 aromatic carbocycles. The van der Waals surface area contributed by atoms with Crippen LogP contribution in [0.4, 0.5) is 5.69 Å². The number of nitrogens with zero attached hydrogens (tertiary/aromatic N) is 3. The fourth-order valence-electron chi connectivity index (χ4n) is 2.03. The fourth-order valence-corrected chi connectivity index (χ4v) is 2.33. The minimum atomic E-state index is 0.0711. The Balaban J connectivity index is 2.20. The molecular formula is C12H17ClN4O. The standard InChI is InChI=1S/C12H17ClN4O/c1-16-4-6-17(7-5-16)11-3-2-9(8-10(11)13)12(14)15-18/h2-3,8,18H,4-7H2,1H3,(H2,14,15). The van der Waals surface area contributed by atoms with Crippen molar-refractivity contribution < 1.29 is 5.21 Å². The number of hydrogen-bond donors (Lipinski definition) is 2. The lowest BCUT2D eigenvalue weighted by Gasteiger charge is -2.34. The molecule has 3 N–H and O–H groups in total. The summed E-state index contributed by atoms with van der Waals surface area (Å²) in [5.74, 6) is 0.0711. The molecule has 5 nitrogen and oxygen atoms in total. The highest BCUT2D eigenvalue weighted by Crippen LogP contribution is 2.27. The molecule has 98 valence electrons. The van der Waals surface area contributed by atoms with Crippen molar-refractivity contribution in [2.24, 2.45) is 10.9 Å². The lowest BCUT2D eigenvalue weighted by molar-refractivity contribution is 0.313. The van der Waals surface area contributed by atoms with Gasteiger partial charge in [-0.25, -0.2) is 0 Å². The maximum absolute atomic E-state index is 8.63. The first kappa shape index (κ1) is 13.0. The van der Waals surface area contributed by atoms with Gasteiger partial charge in [0.05, 0.1) is 10.7 Å². The molecule has 0 aliphatic carbocycles. The smallest absolute Gasteiger partial charge is 0.170 e. The van der Waals surface area contributed by atoms with E-state index in [1.807, 2.05) is 12.1 Å². The van der Waals surface area contributed by atoms with E-state index in [0.29, 0.717) is 10.6 Å². The predicted molar refractivity (Wildman–Crippen MR) is 73.7 cm³/mol. The number of amidine groups is 1. The van der Waals surface area contributed by atoms with Crippen molar-refractivity contribution >= 4 is 23.1 Å². The van der Waals surface area contributed by atoms with Crippen LogP contribution < -0.4 is 10.6 Å². The molecule has 1 aromatic rings. The van der Waals surface area contributed by atoms with E-state index in [9.17, 15) is 0 Å². The van der Waals surface area contributed by atoms with Crippen LogP contribution in [0.25, 0.3) is 0 Å². The molecule has 0 amide bonds. The van der Waals surface area contributed by atoms with Gasteiger partial charge < -0.3 is 20.7 Å². The van der Waals surface area contributed by atoms with Crippen LogP contribution >= 0.6 is 11.6 Å². The van der Waals surface area contributed by atoms with Crippen LogP contribution in [0, 0.1) is 0 Å². The summed E-state index contributed by atoms with van der Waals surface area (Å²) in [6.45, 7) is 3.97. The topological polar surface area (TPSA) is 65.1 Å². The summed E-state index contributed by atoms with van der Waals surface area (Å²) in [5, 5.41) is 12.2. The molecule has 1 fully saturated rings. The Morgan fingerprint density at radius 1 is 1.33 bits per heavy atom. The van der Waals surface area contributed by atoms with Crippen molar-refractivity contribution in [3.63, 3.8) is 0 Å². The monoisotopic (exact) mass is 268 g/mol. The third-order valence-electron chi connectivity index (χ3n) is 3.20. The summed E-state index contributed by atoms with van der Waals surface area (Å²) in [5.41, 5.74) is 7.16. The summed E-state index contributed by atoms with van der Waals surface area (Å²) in [6.07, 6.45) is 0. The van der Waals surface area contributed by atoms with Crippen LogP contribution in [0.15, 0.2) is 23.4 Å². The largest absolute Gasteiger partial charge is 0.409 e. The highest BCUT2D eigenvalue weighted by atomic mass is 35.5. The van der Waals surface area contributed by atoms with Gasteiger partial charge in [0.15, 0.2) is 5.84 Å². The normalized spacial score (nSPS) is 18.1. The summed E-state index contributed by atoms with van der Waals surface area (Å²) in [6, 6.07) is 5.46. The maximum atomic E-state index is 8.63. The molecule has 1 aliphatic rings. The van der Waals surface area contributed by atoms with Gasteiger partial charge >= 0.3 is 0 Å². The van der Waals surface area contributed by atoms with E-state index in [-0.39, 0.29) is 5.84 Å². The van der Waals surface area contributed by atoms with E-state index in [2.05, 4.69) is 22.0 Å². The summed E-state index contributed by atoms with van der Waals surface area (Å²) >= 11 is 6.25. The molecule has 0 atom stereocenters. The van der Waals surface area contributed by atoms with Crippen molar-refractivity contribution in [2.45, 2.75) is 0 Å². The SMILES string of the molecule is CN1CCN(c2ccc(C(N)=NO)cc2Cl)CC1. The molecule has 0 radical (unpaired) electrons. The third kappa shape index (κ3) is 2.68. The Kier molecular flexibility index (Phi) is 3.93. The van der Waals surface area contributed by atoms with E-state index < -0.39 is 0 Å². The average Bonchev–Trinajstić information content (AvgIpc) is 2.39. The van der Waals surface area contributed by atoms with Crippen molar-refractivity contribution in [1.29, 1.82) is 0 Å². The lowest BCUT2D eigenvalue weighted by Crippen LogP contribution is -2.44. The average molecular weight is 269 g/mol. The van der Waals surface area contributed by atoms with Crippen LogP contribution in [0.2, 0.25) is 5.02 Å². The second kappa shape index (κ2) is 5.46. The molecule has 0 spiro atoms. The molecule has 0 bridgehead atoms. The Morgan fingerprint density at radius 3 is 2.56 bits per heavy atom. The molecule has 18 heavy (non-hydrogen) atoms. The molecule has 6 heteroatoms. The fraction of sp³-hybridized carbons (Fsp3) is 0.417. The van der Waals surface area contributed by atoms with Crippen molar-refractivity contribution in [3.05, 3.63) is 28.8 Å². The first-order valence-corrected chi connectivity index (χ1v) is 6.20. The number of likely N-dealkylation sites (N-methyl/N-ethyl adjacent to an activating group) is 1. The van der Waals surface area contributed by atoms with Gasteiger partial charge in [-0.2, -0.15) is 0 Å². The predicted octanol–water partition coefficient (Wildman–Crippen LogP) is 1.19. The first-order chi connectivity index (χ1) is 8.61. The quantitative estimate of drug-likeness (QED) is 0.366. The van der Waals surface area contributed by atoms with Crippen LogP contribution in [-0.4, -0.2) is 49.2 Å². The van der Waals surface area contributed by atoms with E-state index in [4.69, 9.17) is 22.5 Å². The summed E-state index contributed by atoms with van der Waals surface area (Å²) < 4.78 is 0. The van der Waals surface area contributed by atoms with Gasteiger partial charge in [0.1, 0.15) is 0 Å². The Hall–Kier alpha value is -1.46. The number of benzene rings is 1. The molecule has 0 aromatic heterocycles. The number of anilines is 1. The molecule has 1 heterocycles. The molecule has 1 aliphatic heterocycles. The third-order valence-corrected chi connectivity index (χ3v) is 3.50. The molecular weight excluding hydrogens is 252 g/mol. The Bertz CT molecular complexity index is 455. The molecule has 0 saturated carbocycles. The van der Waals surface area contributed by atoms with Crippen LogP contribution in [-0.2, 0) is 0 Å². The van der Waals surface area contributed by atoms with Crippen molar-refractivity contribution in [1.82, 2.24) is 4.90 Å². The Labute approximate surface area is 111 Å². The number of oxime groups is 1. The highest BCUT2D eigenvalue weighted by Gasteiger charge is 2.17. The van der Waals surface area contributed by atoms with E-state index in [0.717, 1.165) is 31.9 Å². The van der Waals surface area contributed by atoms with Gasteiger partial charge in [-0.3, -0.25) is 0 Å². The minimum absolute atomic E-state index is 0.0711. The maximum Gasteiger partial charge on any atom is 0.170 e. The lowest BCUT2D eigenvalue weighted by atomic mass is 10.1. The number of hydrogen-bond acceptors (Lipinski definition) is 4. The van der Waals surface area contributed by atoms with Gasteiger partial charge in [-0.05, 0) is 25.2 Å². The number of piperazine rings is 1. The van der Waals surface area contributed by atoms with Crippen LogP contribution in [0.3, 0.4) is 0 Å². The Morgan fingerprint density at radius 2 is 2.00 bits per heavy atom. The zero-order valence-corrected chi connectivity index (χ0v) is 11.1. The zero-order chi connectivity index (χ0) is 13.1. The number of nitrogens with two attached hydrogens (primary N) is 1. The van der Waals surface area contributed by atoms with E-state index in [1.54, 1.807) is 6.07 Å². The van der Waals surface area contributed by atoms with Gasteiger partial charge in [-0.15, -0.1) is 0 Å². The second-order valence-corrected chi connectivity index (χ2v) is 4.85. The highest BCUT2D eigenvalue weighted by molar-refractivity contribution is 6.33. The molecule has 1 saturated heterocycles. The summed E-state index contributed by atoms with van der Waals surface area (Å²) in [4.78, 5) is 4.54. The number of halogens is 1. The number of rotatable bonds is 2. The van der Waals surface area contributed by atoms with Gasteiger partial charge in [0.2, 0.25) is 0 Å². The van der Waals surface area contributed by atoms with Crippen molar-refractivity contribution in [2.75, 3.05) is 38.1 Å².